The van der Waals surface area contributed by atoms with Crippen molar-refractivity contribution in [3.8, 4) is 5.75 Å². The summed E-state index contributed by atoms with van der Waals surface area (Å²) in [6.07, 6.45) is 1.77. The van der Waals surface area contributed by atoms with E-state index in [9.17, 15) is 14.0 Å². The van der Waals surface area contributed by atoms with Crippen molar-refractivity contribution in [1.82, 2.24) is 4.90 Å². The van der Waals surface area contributed by atoms with E-state index in [1.807, 2.05) is 0 Å². The summed E-state index contributed by atoms with van der Waals surface area (Å²) in [7, 11) is 0. The maximum Gasteiger partial charge on any atom is 0.265 e. The molecule has 8 heteroatoms. The molecule has 0 bridgehead atoms. The Kier molecular flexibility index (Phi) is 6.01. The van der Waals surface area contributed by atoms with Gasteiger partial charge >= 0.3 is 0 Å². The number of morpholine rings is 1. The summed E-state index contributed by atoms with van der Waals surface area (Å²) < 4.78 is 25.2. The number of hydrogen-bond acceptors (Lipinski definition) is 4. The van der Waals surface area contributed by atoms with E-state index in [0.717, 1.165) is 0 Å². The molecule has 2 amide bonds. The largest absolute Gasteiger partial charge is 0.476 e. The van der Waals surface area contributed by atoms with E-state index in [2.05, 4.69) is 0 Å². The van der Waals surface area contributed by atoms with Crippen LogP contribution >= 0.6 is 11.6 Å². The summed E-state index contributed by atoms with van der Waals surface area (Å²) in [6.45, 7) is 1.98. The molecular weight excluding hydrogens is 411 g/mol. The zero-order valence-corrected chi connectivity index (χ0v) is 16.8. The van der Waals surface area contributed by atoms with E-state index in [4.69, 9.17) is 21.1 Å². The van der Waals surface area contributed by atoms with Gasteiger partial charge in [-0.3, -0.25) is 9.59 Å². The summed E-state index contributed by atoms with van der Waals surface area (Å²) in [4.78, 5) is 29.0. The molecule has 1 atom stereocenters. The quantitative estimate of drug-likeness (QED) is 0.702. The Bertz CT molecular complexity index is 971. The lowest BCUT2D eigenvalue weighted by Crippen LogP contribution is -2.53. The van der Waals surface area contributed by atoms with Gasteiger partial charge < -0.3 is 19.3 Å². The highest BCUT2D eigenvalue weighted by Gasteiger charge is 2.35. The summed E-state index contributed by atoms with van der Waals surface area (Å²) in [6, 6.07) is 11.3. The molecule has 1 saturated heterocycles. The second-order valence-electron chi connectivity index (χ2n) is 6.93. The van der Waals surface area contributed by atoms with Gasteiger partial charge in [0, 0.05) is 24.7 Å². The summed E-state index contributed by atoms with van der Waals surface area (Å²) >= 11 is 6.03. The van der Waals surface area contributed by atoms with Gasteiger partial charge in [-0.05, 0) is 30.3 Å². The zero-order valence-electron chi connectivity index (χ0n) is 16.1. The van der Waals surface area contributed by atoms with Crippen LogP contribution in [0.15, 0.2) is 48.5 Å². The number of rotatable bonds is 3. The van der Waals surface area contributed by atoms with E-state index < -0.39 is 17.8 Å². The average Bonchev–Trinajstić information content (AvgIpc) is 2.78. The van der Waals surface area contributed by atoms with Gasteiger partial charge in [-0.25, -0.2) is 4.39 Å². The number of halogens is 2. The fourth-order valence-corrected chi connectivity index (χ4v) is 3.70. The number of nitrogens with zero attached hydrogens (tertiary/aromatic N) is 2. The van der Waals surface area contributed by atoms with Gasteiger partial charge in [0.15, 0.2) is 6.10 Å². The predicted octanol–water partition coefficient (Wildman–Crippen LogP) is 3.15. The lowest BCUT2D eigenvalue weighted by Gasteiger charge is -2.37. The topological polar surface area (TPSA) is 59.1 Å². The first-order chi connectivity index (χ1) is 14.5. The Morgan fingerprint density at radius 3 is 2.63 bits per heavy atom. The molecule has 2 aromatic rings. The fourth-order valence-electron chi connectivity index (χ4n) is 3.47. The maximum absolute atomic E-state index is 14.0. The molecule has 2 aliphatic heterocycles. The third kappa shape index (κ3) is 4.17. The molecule has 0 saturated carbocycles. The van der Waals surface area contributed by atoms with E-state index in [1.54, 1.807) is 35.2 Å². The number of fused-ring (bicyclic) bond motifs is 1. The molecule has 1 unspecified atom stereocenters. The van der Waals surface area contributed by atoms with Gasteiger partial charge in [0.05, 0.1) is 30.5 Å². The molecule has 156 valence electrons. The second kappa shape index (κ2) is 8.85. The van der Waals surface area contributed by atoms with Crippen molar-refractivity contribution in [2.75, 3.05) is 37.7 Å². The molecular formula is C22H20ClFN2O4. The number of ether oxygens (including phenoxy) is 2. The molecule has 30 heavy (non-hydrogen) atoms. The van der Waals surface area contributed by atoms with Crippen molar-refractivity contribution in [3.05, 3.63) is 64.9 Å². The highest BCUT2D eigenvalue weighted by molar-refractivity contribution is 6.32. The number of carbonyl (C=O) groups excluding carboxylic acids is 2. The van der Waals surface area contributed by atoms with Gasteiger partial charge in [-0.2, -0.15) is 0 Å². The van der Waals surface area contributed by atoms with Crippen molar-refractivity contribution in [1.29, 1.82) is 0 Å². The average molecular weight is 431 g/mol. The van der Waals surface area contributed by atoms with Crippen LogP contribution < -0.4 is 9.64 Å². The lowest BCUT2D eigenvalue weighted by molar-refractivity contribution is -0.142. The first-order valence-electron chi connectivity index (χ1n) is 9.60. The minimum Gasteiger partial charge on any atom is -0.476 e. The van der Waals surface area contributed by atoms with Gasteiger partial charge in [0.2, 0.25) is 0 Å². The van der Waals surface area contributed by atoms with Gasteiger partial charge in [0.1, 0.15) is 11.6 Å². The smallest absolute Gasteiger partial charge is 0.265 e. The highest BCUT2D eigenvalue weighted by Crippen LogP contribution is 2.34. The molecule has 2 heterocycles. The van der Waals surface area contributed by atoms with Gasteiger partial charge in [0.25, 0.3) is 11.8 Å². The van der Waals surface area contributed by atoms with Crippen LogP contribution in [0.25, 0.3) is 6.08 Å². The number of hydrogen-bond donors (Lipinski definition) is 0. The van der Waals surface area contributed by atoms with Crippen LogP contribution in [0.5, 0.6) is 5.75 Å². The summed E-state index contributed by atoms with van der Waals surface area (Å²) in [5.41, 5.74) is 0.688. The Hall–Kier alpha value is -2.90. The Balaban J connectivity index is 1.58. The molecule has 0 N–H and O–H groups in total. The number of para-hydroxylation sites is 2. The van der Waals surface area contributed by atoms with Gasteiger partial charge in [-0.15, -0.1) is 0 Å². The SMILES string of the molecule is O=C(C1CN(C(=O)/C=C/c2c(F)cccc2Cl)c2ccccc2O1)N1CCOCC1. The van der Waals surface area contributed by atoms with Crippen molar-refractivity contribution in [3.63, 3.8) is 0 Å². The van der Waals surface area contributed by atoms with Crippen LogP contribution in [0.4, 0.5) is 10.1 Å². The normalized spacial score (nSPS) is 18.8. The fraction of sp³-hybridized carbons (Fsp3) is 0.273. The van der Waals surface area contributed by atoms with E-state index in [0.29, 0.717) is 37.7 Å². The van der Waals surface area contributed by atoms with E-state index in [1.165, 1.54) is 29.2 Å². The van der Waals surface area contributed by atoms with Gasteiger partial charge in [-0.1, -0.05) is 29.8 Å². The molecule has 2 aliphatic rings. The number of carbonyl (C=O) groups is 2. The van der Waals surface area contributed by atoms with Crippen LogP contribution in [0.2, 0.25) is 5.02 Å². The highest BCUT2D eigenvalue weighted by atomic mass is 35.5. The van der Waals surface area contributed by atoms with Crippen LogP contribution in [-0.4, -0.2) is 55.7 Å². The monoisotopic (exact) mass is 430 g/mol. The minimum absolute atomic E-state index is 0.0569. The molecule has 0 spiro atoms. The molecule has 2 aromatic carbocycles. The van der Waals surface area contributed by atoms with Crippen molar-refractivity contribution in [2.45, 2.75) is 6.10 Å². The maximum atomic E-state index is 14.0. The van der Waals surface area contributed by atoms with Crippen LogP contribution in [0, 0.1) is 5.82 Å². The number of benzene rings is 2. The van der Waals surface area contributed by atoms with Crippen LogP contribution in [0.3, 0.4) is 0 Å². The second-order valence-corrected chi connectivity index (χ2v) is 7.34. The van der Waals surface area contributed by atoms with E-state index >= 15 is 0 Å². The zero-order chi connectivity index (χ0) is 21.1. The van der Waals surface area contributed by atoms with Crippen LogP contribution in [-0.2, 0) is 14.3 Å². The molecule has 4 rings (SSSR count). The Morgan fingerprint density at radius 1 is 1.10 bits per heavy atom. The molecule has 6 nitrogen and oxygen atoms in total. The van der Waals surface area contributed by atoms with Crippen molar-refractivity contribution in [2.24, 2.45) is 0 Å². The van der Waals surface area contributed by atoms with Crippen molar-refractivity contribution < 1.29 is 23.5 Å². The molecule has 0 radical (unpaired) electrons. The Morgan fingerprint density at radius 2 is 1.87 bits per heavy atom. The van der Waals surface area contributed by atoms with E-state index in [-0.39, 0.29) is 23.0 Å². The first kappa shape index (κ1) is 20.4. The number of amides is 2. The Labute approximate surface area is 178 Å². The third-order valence-corrected chi connectivity index (χ3v) is 5.36. The first-order valence-corrected chi connectivity index (χ1v) is 9.98. The summed E-state index contributed by atoms with van der Waals surface area (Å²) in [5, 5.41) is 0.210. The lowest BCUT2D eigenvalue weighted by atomic mass is 10.1. The summed E-state index contributed by atoms with van der Waals surface area (Å²) in [5.74, 6) is -0.660. The van der Waals surface area contributed by atoms with Crippen molar-refractivity contribution >= 4 is 35.2 Å². The molecule has 0 aliphatic carbocycles. The molecule has 0 aromatic heterocycles. The molecule has 1 fully saturated rings. The predicted molar refractivity (Wildman–Crippen MR) is 111 cm³/mol. The minimum atomic E-state index is -0.826. The third-order valence-electron chi connectivity index (χ3n) is 5.03. The van der Waals surface area contributed by atoms with Crippen LogP contribution in [0.1, 0.15) is 5.56 Å². The standard InChI is InChI=1S/C22H20ClFN2O4/c23-16-4-3-5-17(24)15(16)8-9-21(27)26-14-20(22(28)25-10-12-29-13-11-25)30-19-7-2-1-6-18(19)26/h1-9,20H,10-14H2/b9-8+. The number of anilines is 1.